The molecule has 0 amide bonds. The molecule has 0 unspecified atom stereocenters. The van der Waals surface area contributed by atoms with E-state index in [4.69, 9.17) is 4.74 Å². The number of carbonyl (C=O) groups is 2. The van der Waals surface area contributed by atoms with Gasteiger partial charge in [-0.05, 0) is 48.6 Å². The summed E-state index contributed by atoms with van der Waals surface area (Å²) in [5.41, 5.74) is 1.16. The number of carbonyl (C=O) groups excluding carboxylic acids is 2. The zero-order valence-electron chi connectivity index (χ0n) is 10.3. The third kappa shape index (κ3) is 3.45. The number of esters is 2. The molecule has 2 aromatic rings. The van der Waals surface area contributed by atoms with Crippen molar-refractivity contribution in [2.24, 2.45) is 4.99 Å². The van der Waals surface area contributed by atoms with Crippen LogP contribution in [0.5, 0.6) is 0 Å². The van der Waals surface area contributed by atoms with Crippen LogP contribution in [-0.4, -0.2) is 17.1 Å². The zero-order valence-corrected chi connectivity index (χ0v) is 11.1. The number of nitrogens with zero attached hydrogens (tertiary/aromatic N) is 1. The van der Waals surface area contributed by atoms with Gasteiger partial charge in [0, 0.05) is 0 Å². The topological polar surface area (TPSA) is 55.7 Å². The van der Waals surface area contributed by atoms with Gasteiger partial charge in [0.25, 0.3) is 0 Å². The summed E-state index contributed by atoms with van der Waals surface area (Å²) in [5, 5.41) is 2.22. The molecule has 0 aliphatic heterocycles. The Hall–Kier alpha value is -2.62. The molecule has 0 heterocycles. The van der Waals surface area contributed by atoms with Crippen molar-refractivity contribution in [3.05, 3.63) is 65.7 Å². The van der Waals surface area contributed by atoms with Crippen LogP contribution in [0.25, 0.3) is 0 Å². The molecule has 0 radical (unpaired) electrons. The Morgan fingerprint density at radius 3 is 2.00 bits per heavy atom. The molecule has 0 N–H and O–H groups in total. The van der Waals surface area contributed by atoms with Gasteiger partial charge in [0.2, 0.25) is 0 Å². The van der Waals surface area contributed by atoms with E-state index in [1.165, 1.54) is 12.1 Å². The van der Waals surface area contributed by atoms with E-state index in [0.717, 1.165) is 0 Å². The molecule has 0 aliphatic rings. The average molecular weight is 283 g/mol. The number of ether oxygens (including phenoxy) is 1. The maximum Gasteiger partial charge on any atom is 0.346 e. The van der Waals surface area contributed by atoms with Gasteiger partial charge in [-0.15, -0.1) is 0 Å². The van der Waals surface area contributed by atoms with Crippen molar-refractivity contribution in [1.29, 1.82) is 0 Å². The molecule has 0 aliphatic carbocycles. The van der Waals surface area contributed by atoms with Gasteiger partial charge in [0.1, 0.15) is 0 Å². The second-order valence-corrected chi connectivity index (χ2v) is 3.98. The monoisotopic (exact) mass is 283 g/mol. The number of thiocarbonyl (C=S) groups is 1. The predicted molar refractivity (Wildman–Crippen MR) is 77.3 cm³/mol. The molecule has 5 heteroatoms. The lowest BCUT2D eigenvalue weighted by Crippen LogP contribution is -2.12. The lowest BCUT2D eigenvalue weighted by molar-refractivity contribution is 0.0398. The molecule has 2 aromatic carbocycles. The smallest absolute Gasteiger partial charge is 0.346 e. The largest absolute Gasteiger partial charge is 0.386 e. The Bertz CT molecular complexity index is 674. The van der Waals surface area contributed by atoms with Crippen LogP contribution in [0.3, 0.4) is 0 Å². The molecule has 0 atom stereocenters. The molecular weight excluding hydrogens is 274 g/mol. The fourth-order valence-corrected chi connectivity index (χ4v) is 1.61. The molecule has 0 bridgehead atoms. The van der Waals surface area contributed by atoms with E-state index < -0.39 is 11.9 Å². The maximum absolute atomic E-state index is 11.8. The molecule has 0 saturated carbocycles. The zero-order chi connectivity index (χ0) is 14.4. The highest BCUT2D eigenvalue weighted by Crippen LogP contribution is 2.13. The molecule has 0 aromatic heterocycles. The number of benzene rings is 2. The van der Waals surface area contributed by atoms with Gasteiger partial charge >= 0.3 is 11.9 Å². The summed E-state index contributed by atoms with van der Waals surface area (Å²) in [6.07, 6.45) is 0. The van der Waals surface area contributed by atoms with Gasteiger partial charge in [-0.1, -0.05) is 18.2 Å². The lowest BCUT2D eigenvalue weighted by Gasteiger charge is -2.03. The molecule has 20 heavy (non-hydrogen) atoms. The SMILES string of the molecule is O=C(OC(=O)c1ccc(N=C=S)cc1)c1ccccc1. The van der Waals surface area contributed by atoms with Crippen LogP contribution >= 0.6 is 12.2 Å². The van der Waals surface area contributed by atoms with Crippen molar-refractivity contribution < 1.29 is 14.3 Å². The Morgan fingerprint density at radius 2 is 1.45 bits per heavy atom. The van der Waals surface area contributed by atoms with E-state index in [9.17, 15) is 9.59 Å². The summed E-state index contributed by atoms with van der Waals surface area (Å²) < 4.78 is 4.78. The van der Waals surface area contributed by atoms with Crippen LogP contribution in [0, 0.1) is 0 Å². The third-order valence-corrected chi connectivity index (χ3v) is 2.56. The first-order valence-corrected chi connectivity index (χ1v) is 6.11. The minimum absolute atomic E-state index is 0.262. The summed E-state index contributed by atoms with van der Waals surface area (Å²) in [6, 6.07) is 14.5. The second-order valence-electron chi connectivity index (χ2n) is 3.79. The average Bonchev–Trinajstić information content (AvgIpc) is 2.49. The van der Waals surface area contributed by atoms with E-state index >= 15 is 0 Å². The fraction of sp³-hybridized carbons (Fsp3) is 0. The van der Waals surface area contributed by atoms with Crippen molar-refractivity contribution in [3.63, 3.8) is 0 Å². The van der Waals surface area contributed by atoms with Crippen LogP contribution in [-0.2, 0) is 4.74 Å². The predicted octanol–water partition coefficient (Wildman–Crippen LogP) is 3.42. The van der Waals surface area contributed by atoms with E-state index in [2.05, 4.69) is 22.4 Å². The van der Waals surface area contributed by atoms with E-state index in [1.807, 2.05) is 0 Å². The summed E-state index contributed by atoms with van der Waals surface area (Å²) in [5.74, 6) is -1.40. The minimum Gasteiger partial charge on any atom is -0.386 e. The van der Waals surface area contributed by atoms with Gasteiger partial charge in [0.15, 0.2) is 0 Å². The molecule has 0 saturated heterocycles. The first kappa shape index (κ1) is 13.8. The Kier molecular flexibility index (Phi) is 4.50. The van der Waals surface area contributed by atoms with E-state index in [1.54, 1.807) is 42.5 Å². The van der Waals surface area contributed by atoms with Gasteiger partial charge in [0.05, 0.1) is 22.0 Å². The quantitative estimate of drug-likeness (QED) is 0.375. The van der Waals surface area contributed by atoms with Crippen molar-refractivity contribution in [2.75, 3.05) is 0 Å². The molecule has 4 nitrogen and oxygen atoms in total. The normalized spacial score (nSPS) is 9.40. The van der Waals surface area contributed by atoms with Gasteiger partial charge in [-0.3, -0.25) is 0 Å². The number of rotatable bonds is 3. The number of aliphatic imine (C=N–C) groups is 1. The fourth-order valence-electron chi connectivity index (χ4n) is 1.50. The summed E-state index contributed by atoms with van der Waals surface area (Å²) in [4.78, 5) is 27.3. The highest BCUT2D eigenvalue weighted by atomic mass is 32.1. The highest BCUT2D eigenvalue weighted by molar-refractivity contribution is 7.78. The Balaban J connectivity index is 2.08. The van der Waals surface area contributed by atoms with Gasteiger partial charge in [-0.25, -0.2) is 9.59 Å². The van der Waals surface area contributed by atoms with Gasteiger partial charge < -0.3 is 4.74 Å². The number of hydrogen-bond acceptors (Lipinski definition) is 5. The van der Waals surface area contributed by atoms with Crippen LogP contribution in [0.2, 0.25) is 0 Å². The summed E-state index contributed by atoms with van der Waals surface area (Å²) in [7, 11) is 0. The molecule has 0 fully saturated rings. The second kappa shape index (κ2) is 6.52. The highest BCUT2D eigenvalue weighted by Gasteiger charge is 2.14. The van der Waals surface area contributed by atoms with Crippen molar-refractivity contribution in [3.8, 4) is 0 Å². The lowest BCUT2D eigenvalue weighted by atomic mass is 10.2. The van der Waals surface area contributed by atoms with Crippen molar-refractivity contribution >= 4 is 35.0 Å². The van der Waals surface area contributed by atoms with E-state index in [-0.39, 0.29) is 5.56 Å². The first-order chi connectivity index (χ1) is 9.70. The first-order valence-electron chi connectivity index (χ1n) is 5.70. The molecule has 0 spiro atoms. The van der Waals surface area contributed by atoms with Crippen molar-refractivity contribution in [2.45, 2.75) is 0 Å². The van der Waals surface area contributed by atoms with Crippen LogP contribution in [0.4, 0.5) is 5.69 Å². The maximum atomic E-state index is 11.8. The Labute approximate surface area is 120 Å². The van der Waals surface area contributed by atoms with Crippen LogP contribution < -0.4 is 0 Å². The standard InChI is InChI=1S/C15H9NO3S/c17-14(11-4-2-1-3-5-11)19-15(18)12-6-8-13(9-7-12)16-10-20/h1-9H. The summed E-state index contributed by atoms with van der Waals surface area (Å²) >= 11 is 4.48. The van der Waals surface area contributed by atoms with E-state index in [0.29, 0.717) is 11.3 Å². The third-order valence-electron chi connectivity index (χ3n) is 2.47. The number of hydrogen-bond donors (Lipinski definition) is 0. The van der Waals surface area contributed by atoms with Crippen LogP contribution in [0.1, 0.15) is 20.7 Å². The summed E-state index contributed by atoms with van der Waals surface area (Å²) in [6.45, 7) is 0. The molecule has 98 valence electrons. The Morgan fingerprint density at radius 1 is 0.900 bits per heavy atom. The van der Waals surface area contributed by atoms with Crippen LogP contribution in [0.15, 0.2) is 59.6 Å². The molecule has 2 rings (SSSR count). The minimum atomic E-state index is -0.711. The number of isothiocyanates is 1. The van der Waals surface area contributed by atoms with Gasteiger partial charge in [-0.2, -0.15) is 4.99 Å². The van der Waals surface area contributed by atoms with Crippen molar-refractivity contribution in [1.82, 2.24) is 0 Å². The molecular formula is C15H9NO3S.